The zero-order valence-electron chi connectivity index (χ0n) is 14.8. The van der Waals surface area contributed by atoms with Crippen LogP contribution in [0.4, 0.5) is 0 Å². The Morgan fingerprint density at radius 1 is 1.35 bits per heavy atom. The summed E-state index contributed by atoms with van der Waals surface area (Å²) in [6, 6.07) is 6.01. The molecule has 1 aromatic rings. The van der Waals surface area contributed by atoms with Crippen LogP contribution in [-0.2, 0) is 14.8 Å². The molecule has 0 aliphatic carbocycles. The van der Waals surface area contributed by atoms with Crippen LogP contribution in [0.3, 0.4) is 0 Å². The first-order chi connectivity index (χ1) is 12.2. The van der Waals surface area contributed by atoms with E-state index in [4.69, 9.17) is 5.73 Å². The second-order valence-corrected chi connectivity index (χ2v) is 9.15. The molecule has 1 unspecified atom stereocenters. The van der Waals surface area contributed by atoms with Gasteiger partial charge in [0.25, 0.3) is 5.91 Å². The molecule has 1 atom stereocenters. The van der Waals surface area contributed by atoms with Gasteiger partial charge in [0.2, 0.25) is 15.9 Å². The summed E-state index contributed by atoms with van der Waals surface area (Å²) in [5.74, 6) is -0.527. The van der Waals surface area contributed by atoms with E-state index in [0.717, 1.165) is 10.7 Å². The lowest BCUT2D eigenvalue weighted by atomic mass is 9.90. The maximum absolute atomic E-state index is 12.8. The molecule has 0 bridgehead atoms. The van der Waals surface area contributed by atoms with E-state index in [0.29, 0.717) is 25.2 Å². The number of nitrogens with two attached hydrogens (primary N) is 1. The maximum Gasteiger partial charge on any atom is 0.253 e. The second kappa shape index (κ2) is 6.98. The van der Waals surface area contributed by atoms with Crippen molar-refractivity contribution in [1.82, 2.24) is 14.5 Å². The van der Waals surface area contributed by atoms with Gasteiger partial charge in [-0.25, -0.2) is 8.42 Å². The molecule has 1 aromatic carbocycles. The first-order valence-electron chi connectivity index (χ1n) is 8.61. The van der Waals surface area contributed by atoms with E-state index in [1.54, 1.807) is 17.0 Å². The Morgan fingerprint density at radius 3 is 2.77 bits per heavy atom. The zero-order valence-corrected chi connectivity index (χ0v) is 15.6. The van der Waals surface area contributed by atoms with Gasteiger partial charge in [0.15, 0.2) is 0 Å². The summed E-state index contributed by atoms with van der Waals surface area (Å²) in [7, 11) is -3.82. The average Bonchev–Trinajstić information content (AvgIpc) is 3.04. The van der Waals surface area contributed by atoms with E-state index in [-0.39, 0.29) is 41.8 Å². The number of rotatable bonds is 4. The van der Waals surface area contributed by atoms with E-state index in [1.165, 1.54) is 12.1 Å². The number of carbonyl (C=O) groups is 2. The van der Waals surface area contributed by atoms with Crippen molar-refractivity contribution in [3.8, 4) is 0 Å². The van der Waals surface area contributed by atoms with E-state index in [1.807, 2.05) is 6.92 Å². The van der Waals surface area contributed by atoms with E-state index in [2.05, 4.69) is 5.32 Å². The van der Waals surface area contributed by atoms with Gasteiger partial charge in [-0.15, -0.1) is 0 Å². The van der Waals surface area contributed by atoms with Crippen LogP contribution in [0.5, 0.6) is 0 Å². The van der Waals surface area contributed by atoms with Gasteiger partial charge in [-0.3, -0.25) is 9.59 Å². The minimum atomic E-state index is -3.82. The SMILES string of the molecule is CC1(CN)CCN(C(=O)c2cccc(S(=O)(=O)N3CCNC(=O)C3)c2)C1. The average molecular weight is 380 g/mol. The highest BCUT2D eigenvalue weighted by Crippen LogP contribution is 2.30. The largest absolute Gasteiger partial charge is 0.354 e. The summed E-state index contributed by atoms with van der Waals surface area (Å²) in [5, 5.41) is 2.60. The van der Waals surface area contributed by atoms with E-state index >= 15 is 0 Å². The van der Waals surface area contributed by atoms with E-state index in [9.17, 15) is 18.0 Å². The van der Waals surface area contributed by atoms with Crippen molar-refractivity contribution in [2.45, 2.75) is 18.2 Å². The van der Waals surface area contributed by atoms with E-state index < -0.39 is 10.0 Å². The summed E-state index contributed by atoms with van der Waals surface area (Å²) in [6.07, 6.45) is 0.829. The third kappa shape index (κ3) is 3.60. The van der Waals surface area contributed by atoms with Crippen LogP contribution in [0.2, 0.25) is 0 Å². The molecule has 8 nitrogen and oxygen atoms in total. The number of amides is 2. The highest BCUT2D eigenvalue weighted by Gasteiger charge is 2.36. The molecule has 142 valence electrons. The van der Waals surface area contributed by atoms with Gasteiger partial charge in [0.1, 0.15) is 0 Å². The molecule has 2 aliphatic heterocycles. The summed E-state index contributed by atoms with van der Waals surface area (Å²) in [6.45, 7) is 4.00. The van der Waals surface area contributed by atoms with Gasteiger partial charge in [-0.05, 0) is 36.6 Å². The Balaban J connectivity index is 1.82. The molecular formula is C17H24N4O4S. The molecule has 2 saturated heterocycles. The van der Waals surface area contributed by atoms with Crippen LogP contribution in [0.15, 0.2) is 29.2 Å². The fourth-order valence-corrected chi connectivity index (χ4v) is 4.75. The monoisotopic (exact) mass is 380 g/mol. The molecule has 2 aliphatic rings. The molecule has 3 rings (SSSR count). The molecule has 2 heterocycles. The van der Waals surface area contributed by atoms with Crippen molar-refractivity contribution < 1.29 is 18.0 Å². The minimum Gasteiger partial charge on any atom is -0.354 e. The molecule has 2 amide bonds. The third-order valence-corrected chi connectivity index (χ3v) is 6.90. The van der Waals surface area contributed by atoms with Gasteiger partial charge in [-0.1, -0.05) is 13.0 Å². The van der Waals surface area contributed by atoms with Crippen molar-refractivity contribution in [2.24, 2.45) is 11.1 Å². The van der Waals surface area contributed by atoms with Gasteiger partial charge in [0.05, 0.1) is 11.4 Å². The topological polar surface area (TPSA) is 113 Å². The molecule has 0 spiro atoms. The number of likely N-dealkylation sites (tertiary alicyclic amines) is 1. The molecular weight excluding hydrogens is 356 g/mol. The molecule has 3 N–H and O–H groups in total. The first-order valence-corrected chi connectivity index (χ1v) is 10.1. The van der Waals surface area contributed by atoms with Crippen molar-refractivity contribution in [3.63, 3.8) is 0 Å². The summed E-state index contributed by atoms with van der Waals surface area (Å²) in [5.41, 5.74) is 6.02. The van der Waals surface area contributed by atoms with Gasteiger partial charge < -0.3 is 16.0 Å². The highest BCUT2D eigenvalue weighted by atomic mass is 32.2. The fraction of sp³-hybridized carbons (Fsp3) is 0.529. The summed E-state index contributed by atoms with van der Waals surface area (Å²) >= 11 is 0. The normalized spacial score (nSPS) is 24.5. The highest BCUT2D eigenvalue weighted by molar-refractivity contribution is 7.89. The number of nitrogens with zero attached hydrogens (tertiary/aromatic N) is 2. The Kier molecular flexibility index (Phi) is 5.05. The number of piperazine rings is 1. The smallest absolute Gasteiger partial charge is 0.253 e. The Hall–Kier alpha value is -1.97. The van der Waals surface area contributed by atoms with Crippen LogP contribution in [0.1, 0.15) is 23.7 Å². The third-order valence-electron chi connectivity index (χ3n) is 5.06. The van der Waals surface area contributed by atoms with Gasteiger partial charge in [-0.2, -0.15) is 4.31 Å². The standard InChI is InChI=1S/C17H24N4O4S/c1-17(11-18)5-7-20(12-17)16(23)13-3-2-4-14(9-13)26(24,25)21-8-6-19-15(22)10-21/h2-4,9H,5-8,10-12,18H2,1H3,(H,19,22). The van der Waals surface area contributed by atoms with Crippen molar-refractivity contribution >= 4 is 21.8 Å². The number of nitrogens with one attached hydrogen (secondary N) is 1. The fourth-order valence-electron chi connectivity index (χ4n) is 3.31. The lowest BCUT2D eigenvalue weighted by molar-refractivity contribution is -0.122. The van der Waals surface area contributed by atoms with Crippen LogP contribution >= 0.6 is 0 Å². The van der Waals surface area contributed by atoms with Crippen molar-refractivity contribution in [3.05, 3.63) is 29.8 Å². The van der Waals surface area contributed by atoms with Gasteiger partial charge >= 0.3 is 0 Å². The molecule has 0 radical (unpaired) electrons. The quantitative estimate of drug-likeness (QED) is 0.739. The number of hydrogen-bond donors (Lipinski definition) is 2. The molecule has 0 saturated carbocycles. The predicted octanol–water partition coefficient (Wildman–Crippen LogP) is -0.382. The Labute approximate surface area is 153 Å². The van der Waals surface area contributed by atoms with Gasteiger partial charge in [0, 0.05) is 31.7 Å². The lowest BCUT2D eigenvalue weighted by Crippen LogP contribution is -2.49. The molecule has 0 aromatic heterocycles. The molecule has 26 heavy (non-hydrogen) atoms. The predicted molar refractivity (Wildman–Crippen MR) is 95.9 cm³/mol. The first kappa shape index (κ1) is 18.8. The zero-order chi connectivity index (χ0) is 18.9. The van der Waals surface area contributed by atoms with Crippen LogP contribution in [-0.4, -0.2) is 68.7 Å². The van der Waals surface area contributed by atoms with Crippen LogP contribution in [0.25, 0.3) is 0 Å². The summed E-state index contributed by atoms with van der Waals surface area (Å²) < 4.78 is 26.7. The number of sulfonamides is 1. The van der Waals surface area contributed by atoms with Crippen LogP contribution in [0, 0.1) is 5.41 Å². The Morgan fingerprint density at radius 2 is 2.12 bits per heavy atom. The number of hydrogen-bond acceptors (Lipinski definition) is 5. The molecule has 2 fully saturated rings. The number of carbonyl (C=O) groups excluding carboxylic acids is 2. The summed E-state index contributed by atoms with van der Waals surface area (Å²) in [4.78, 5) is 26.0. The Bertz CT molecular complexity index is 826. The lowest BCUT2D eigenvalue weighted by Gasteiger charge is -2.26. The number of benzene rings is 1. The second-order valence-electron chi connectivity index (χ2n) is 7.21. The van der Waals surface area contributed by atoms with Crippen molar-refractivity contribution in [2.75, 3.05) is 39.3 Å². The minimum absolute atomic E-state index is 0.0267. The van der Waals surface area contributed by atoms with Crippen molar-refractivity contribution in [1.29, 1.82) is 0 Å². The molecule has 9 heteroatoms. The maximum atomic E-state index is 12.8. The van der Waals surface area contributed by atoms with Crippen LogP contribution < -0.4 is 11.1 Å².